The molecule has 1 aromatic carbocycles. The Morgan fingerprint density at radius 2 is 1.97 bits per heavy atom. The largest absolute Gasteiger partial charge is 0.383 e. The minimum atomic E-state index is -0.406. The molecule has 1 aromatic heterocycles. The molecule has 172 valence electrons. The van der Waals surface area contributed by atoms with Crippen molar-refractivity contribution in [2.24, 2.45) is 5.73 Å². The van der Waals surface area contributed by atoms with Crippen molar-refractivity contribution in [2.75, 3.05) is 19.8 Å². The van der Waals surface area contributed by atoms with E-state index in [0.717, 1.165) is 34.6 Å². The summed E-state index contributed by atoms with van der Waals surface area (Å²) >= 11 is 3.55. The number of nitriles is 1. The highest BCUT2D eigenvalue weighted by atomic mass is 32.2. The Bertz CT molecular complexity index is 1160. The number of ketones is 1. The summed E-state index contributed by atoms with van der Waals surface area (Å²) in [6.07, 6.45) is 2.08. The first-order chi connectivity index (χ1) is 15.9. The van der Waals surface area contributed by atoms with E-state index in [-0.39, 0.29) is 11.7 Å². The quantitative estimate of drug-likeness (QED) is 0.561. The fraction of sp³-hybridized carbons (Fsp3) is 0.385. The smallest absolute Gasteiger partial charge is 0.162 e. The number of aryl methyl sites for hydroxylation is 1. The molecule has 0 spiro atoms. The predicted molar refractivity (Wildman–Crippen MR) is 136 cm³/mol. The van der Waals surface area contributed by atoms with E-state index in [9.17, 15) is 10.1 Å². The number of rotatable bonds is 6. The van der Waals surface area contributed by atoms with Crippen LogP contribution in [-0.4, -0.2) is 35.6 Å². The molecule has 33 heavy (non-hydrogen) atoms. The van der Waals surface area contributed by atoms with Crippen LogP contribution in [0.4, 0.5) is 0 Å². The fourth-order valence-electron chi connectivity index (χ4n) is 4.90. The molecule has 2 atom stereocenters. The SMILES string of the molecule is CCSc1sc(CC)cc1C1C(C#N)=C(N)N(N(C)C)C2=C1C(=O)CC(c1ccccc1)C2. The van der Waals surface area contributed by atoms with Gasteiger partial charge >= 0.3 is 0 Å². The second-order valence-electron chi connectivity index (χ2n) is 8.54. The van der Waals surface area contributed by atoms with E-state index in [4.69, 9.17) is 5.73 Å². The molecule has 2 N–H and O–H groups in total. The van der Waals surface area contributed by atoms with Gasteiger partial charge in [-0.05, 0) is 41.7 Å². The molecule has 7 heteroatoms. The zero-order chi connectivity index (χ0) is 23.7. The first-order valence-corrected chi connectivity index (χ1v) is 13.1. The monoisotopic (exact) mass is 478 g/mol. The second kappa shape index (κ2) is 9.76. The molecular formula is C26H30N4OS2. The van der Waals surface area contributed by atoms with E-state index in [0.29, 0.717) is 24.2 Å². The fourth-order valence-corrected chi connectivity index (χ4v) is 7.28. The first-order valence-electron chi connectivity index (χ1n) is 11.3. The van der Waals surface area contributed by atoms with Crippen molar-refractivity contribution in [2.45, 2.75) is 49.2 Å². The zero-order valence-electron chi connectivity index (χ0n) is 19.6. The van der Waals surface area contributed by atoms with E-state index in [2.05, 4.69) is 38.1 Å². The lowest BCUT2D eigenvalue weighted by atomic mass is 9.72. The minimum Gasteiger partial charge on any atom is -0.383 e. The normalized spacial score (nSPS) is 21.0. The number of hydrogen-bond donors (Lipinski definition) is 1. The van der Waals surface area contributed by atoms with Crippen LogP contribution in [0.1, 0.15) is 54.5 Å². The van der Waals surface area contributed by atoms with Gasteiger partial charge in [0, 0.05) is 36.7 Å². The van der Waals surface area contributed by atoms with Crippen molar-refractivity contribution in [1.29, 1.82) is 5.26 Å². The number of carbonyl (C=O) groups excluding carboxylic acids is 1. The summed E-state index contributed by atoms with van der Waals surface area (Å²) in [6.45, 7) is 4.27. The summed E-state index contributed by atoms with van der Waals surface area (Å²) in [5, 5.41) is 14.0. The van der Waals surface area contributed by atoms with Gasteiger partial charge < -0.3 is 5.73 Å². The van der Waals surface area contributed by atoms with Crippen molar-refractivity contribution in [3.05, 3.63) is 75.1 Å². The Morgan fingerprint density at radius 3 is 2.58 bits per heavy atom. The second-order valence-corrected chi connectivity index (χ2v) is 11.2. The number of nitrogens with zero attached hydrogens (tertiary/aromatic N) is 3. The van der Waals surface area contributed by atoms with Crippen molar-refractivity contribution in [3.63, 3.8) is 0 Å². The zero-order valence-corrected chi connectivity index (χ0v) is 21.2. The van der Waals surface area contributed by atoms with Crippen LogP contribution >= 0.6 is 23.1 Å². The Kier molecular flexibility index (Phi) is 6.99. The van der Waals surface area contributed by atoms with Gasteiger partial charge in [-0.3, -0.25) is 9.80 Å². The molecule has 2 unspecified atom stereocenters. The number of hydrogen-bond acceptors (Lipinski definition) is 7. The molecule has 2 heterocycles. The van der Waals surface area contributed by atoms with Gasteiger partial charge in [0.15, 0.2) is 5.78 Å². The van der Waals surface area contributed by atoms with Crippen LogP contribution in [-0.2, 0) is 11.2 Å². The molecule has 0 bridgehead atoms. The molecule has 0 fully saturated rings. The number of thiophene rings is 1. The Hall–Kier alpha value is -2.53. The highest BCUT2D eigenvalue weighted by Gasteiger charge is 2.44. The molecule has 5 nitrogen and oxygen atoms in total. The molecule has 2 aromatic rings. The highest BCUT2D eigenvalue weighted by molar-refractivity contribution is 8.01. The van der Waals surface area contributed by atoms with Gasteiger partial charge in [0.2, 0.25) is 0 Å². The number of hydrazine groups is 1. The Balaban J connectivity index is 1.92. The van der Waals surface area contributed by atoms with Crippen molar-refractivity contribution in [1.82, 2.24) is 10.0 Å². The molecule has 0 radical (unpaired) electrons. The maximum Gasteiger partial charge on any atom is 0.162 e. The number of allylic oxidation sites excluding steroid dienone is 3. The van der Waals surface area contributed by atoms with E-state index in [1.807, 2.05) is 42.3 Å². The number of carbonyl (C=O) groups is 1. The highest BCUT2D eigenvalue weighted by Crippen LogP contribution is 2.51. The predicted octanol–water partition coefficient (Wildman–Crippen LogP) is 5.39. The standard InChI is InChI=1S/C26H30N4OS2/c1-5-18-14-19(26(33-18)32-6-2)23-20(15-27)25(28)30(29(3)4)21-12-17(13-22(31)24(21)23)16-10-8-7-9-11-16/h7-11,14,17,23H,5-6,12-13,28H2,1-4H3. The van der Waals surface area contributed by atoms with Crippen molar-refractivity contribution >= 4 is 28.9 Å². The minimum absolute atomic E-state index is 0.0927. The van der Waals surface area contributed by atoms with Crippen LogP contribution in [0.15, 0.2) is 63.3 Å². The molecule has 2 aliphatic rings. The van der Waals surface area contributed by atoms with Gasteiger partial charge in [0.05, 0.1) is 21.8 Å². The van der Waals surface area contributed by atoms with Crippen LogP contribution in [0.5, 0.6) is 0 Å². The number of thioether (sulfide) groups is 1. The van der Waals surface area contributed by atoms with E-state index in [1.54, 1.807) is 23.1 Å². The van der Waals surface area contributed by atoms with Gasteiger partial charge in [0.1, 0.15) is 5.82 Å². The summed E-state index contributed by atoms with van der Waals surface area (Å²) in [6, 6.07) is 14.8. The van der Waals surface area contributed by atoms with Crippen LogP contribution in [0.25, 0.3) is 0 Å². The van der Waals surface area contributed by atoms with Gasteiger partial charge in [-0.2, -0.15) is 5.26 Å². The molecule has 0 saturated carbocycles. The maximum atomic E-state index is 13.8. The van der Waals surface area contributed by atoms with Crippen molar-refractivity contribution in [3.8, 4) is 6.07 Å². The third-order valence-corrected chi connectivity index (χ3v) is 8.80. The first kappa shape index (κ1) is 23.6. The average Bonchev–Trinajstić information content (AvgIpc) is 3.21. The lowest BCUT2D eigenvalue weighted by Gasteiger charge is -2.43. The van der Waals surface area contributed by atoms with E-state index >= 15 is 0 Å². The summed E-state index contributed by atoms with van der Waals surface area (Å²) in [5.74, 6) is 1.15. The van der Waals surface area contributed by atoms with Gasteiger partial charge in [-0.25, -0.2) is 5.01 Å². The molecule has 1 aliphatic carbocycles. The van der Waals surface area contributed by atoms with Crippen LogP contribution in [0, 0.1) is 11.3 Å². The van der Waals surface area contributed by atoms with E-state index in [1.165, 1.54) is 9.09 Å². The van der Waals surface area contributed by atoms with Gasteiger partial charge in [-0.15, -0.1) is 23.1 Å². The van der Waals surface area contributed by atoms with E-state index < -0.39 is 5.92 Å². The van der Waals surface area contributed by atoms with Crippen molar-refractivity contribution < 1.29 is 4.79 Å². The molecular weight excluding hydrogens is 448 g/mol. The third kappa shape index (κ3) is 4.23. The van der Waals surface area contributed by atoms with Gasteiger partial charge in [-0.1, -0.05) is 44.2 Å². The lowest BCUT2D eigenvalue weighted by Crippen LogP contribution is -2.46. The number of benzene rings is 1. The third-order valence-electron chi connectivity index (χ3n) is 6.32. The summed E-state index contributed by atoms with van der Waals surface area (Å²) in [7, 11) is 3.81. The Labute approximate surface area is 204 Å². The average molecular weight is 479 g/mol. The maximum absolute atomic E-state index is 13.8. The Morgan fingerprint density at radius 1 is 1.24 bits per heavy atom. The van der Waals surface area contributed by atoms with Crippen LogP contribution < -0.4 is 5.73 Å². The summed E-state index contributed by atoms with van der Waals surface area (Å²) in [5.41, 5.74) is 11.0. The molecule has 4 rings (SSSR count). The topological polar surface area (TPSA) is 73.4 Å². The van der Waals surface area contributed by atoms with Crippen LogP contribution in [0.3, 0.4) is 0 Å². The van der Waals surface area contributed by atoms with Crippen LogP contribution in [0.2, 0.25) is 0 Å². The number of nitrogens with two attached hydrogens (primary N) is 1. The molecule has 0 saturated heterocycles. The summed E-state index contributed by atoms with van der Waals surface area (Å²) < 4.78 is 1.18. The summed E-state index contributed by atoms with van der Waals surface area (Å²) in [4.78, 5) is 15.1. The lowest BCUT2D eigenvalue weighted by molar-refractivity contribution is -0.117. The number of Topliss-reactive ketones (excluding diaryl/α,β-unsaturated/α-hetero) is 1. The molecule has 1 aliphatic heterocycles. The molecule has 0 amide bonds. The van der Waals surface area contributed by atoms with Gasteiger partial charge in [0.25, 0.3) is 0 Å².